The highest BCUT2D eigenvalue weighted by molar-refractivity contribution is 7.96. The first-order valence-corrected chi connectivity index (χ1v) is 11.5. The van der Waals surface area contributed by atoms with Crippen molar-refractivity contribution in [3.8, 4) is 0 Å². The van der Waals surface area contributed by atoms with Crippen LogP contribution < -0.4 is 11.1 Å². The van der Waals surface area contributed by atoms with Gasteiger partial charge in [-0.15, -0.1) is 0 Å². The minimum Gasteiger partial charge on any atom is -0.390 e. The van der Waals surface area contributed by atoms with Crippen LogP contribution in [0.5, 0.6) is 0 Å². The van der Waals surface area contributed by atoms with E-state index in [1.54, 1.807) is 11.9 Å². The number of carbonyl (C=O) groups excluding carboxylic acids is 1. The monoisotopic (exact) mass is 409 g/mol. The largest absolute Gasteiger partial charge is 0.390 e. The molecular weight excluding hydrogens is 370 g/mol. The Morgan fingerprint density at radius 2 is 1.89 bits per heavy atom. The summed E-state index contributed by atoms with van der Waals surface area (Å²) in [6.07, 6.45) is 3.84. The smallest absolute Gasteiger partial charge is 0.237 e. The Morgan fingerprint density at radius 3 is 2.43 bits per heavy atom. The molecule has 0 fully saturated rings. The van der Waals surface area contributed by atoms with Crippen molar-refractivity contribution in [2.75, 3.05) is 19.3 Å². The predicted molar refractivity (Wildman–Crippen MR) is 120 cm³/mol. The first-order valence-electron chi connectivity index (χ1n) is 10.3. The molecule has 6 heteroatoms. The van der Waals surface area contributed by atoms with Crippen LogP contribution in [0, 0.1) is 11.8 Å². The second-order valence-corrected chi connectivity index (χ2v) is 8.92. The topological polar surface area (TPSA) is 78.6 Å². The van der Waals surface area contributed by atoms with Crippen LogP contribution in [0.3, 0.4) is 0 Å². The molecule has 0 aliphatic carbocycles. The van der Waals surface area contributed by atoms with Gasteiger partial charge in [-0.05, 0) is 36.5 Å². The van der Waals surface area contributed by atoms with Gasteiger partial charge in [-0.3, -0.25) is 4.79 Å². The highest BCUT2D eigenvalue weighted by Crippen LogP contribution is 2.15. The fourth-order valence-electron chi connectivity index (χ4n) is 2.94. The molecule has 0 aromatic heterocycles. The summed E-state index contributed by atoms with van der Waals surface area (Å²) in [5.41, 5.74) is 7.20. The Morgan fingerprint density at radius 1 is 1.25 bits per heavy atom. The van der Waals surface area contributed by atoms with E-state index in [0.29, 0.717) is 18.9 Å². The normalized spacial score (nSPS) is 16.0. The predicted octanol–water partition coefficient (Wildman–Crippen LogP) is 3.07. The highest BCUT2D eigenvalue weighted by atomic mass is 32.2. The summed E-state index contributed by atoms with van der Waals surface area (Å²) in [4.78, 5) is 12.7. The number of nitrogens with zero attached hydrogens (tertiary/aromatic N) is 1. The van der Waals surface area contributed by atoms with Crippen molar-refractivity contribution in [3.05, 3.63) is 35.9 Å². The summed E-state index contributed by atoms with van der Waals surface area (Å²) in [6.45, 7) is 9.82. The lowest BCUT2D eigenvalue weighted by Gasteiger charge is -2.30. The standard InChI is InChI=1S/C22H39N3O2S/c1-6-17(4)21(23)22(27)24-19(14-18-10-8-7-9-11-18)20(26)15-25(28-5)13-12-16(2)3/h7-11,16-17,19-21,26H,6,12-15,23H2,1-5H3,(H,24,27)/t17?,19-,20+,21-/m0/s1. The minimum absolute atomic E-state index is 0.100. The van der Waals surface area contributed by atoms with Crippen LogP contribution in [-0.2, 0) is 11.2 Å². The molecule has 0 heterocycles. The number of carbonyl (C=O) groups is 1. The number of nitrogens with two attached hydrogens (primary N) is 1. The second kappa shape index (κ2) is 13.2. The van der Waals surface area contributed by atoms with Gasteiger partial charge < -0.3 is 16.2 Å². The summed E-state index contributed by atoms with van der Waals surface area (Å²) in [7, 11) is 0. The van der Waals surface area contributed by atoms with Gasteiger partial charge in [0.05, 0.1) is 18.2 Å². The molecule has 1 amide bonds. The first kappa shape index (κ1) is 25.0. The Kier molecular flexibility index (Phi) is 11.8. The van der Waals surface area contributed by atoms with Crippen molar-refractivity contribution in [2.24, 2.45) is 17.6 Å². The zero-order chi connectivity index (χ0) is 21.1. The molecule has 160 valence electrons. The number of amides is 1. The zero-order valence-electron chi connectivity index (χ0n) is 18.1. The van der Waals surface area contributed by atoms with E-state index in [4.69, 9.17) is 5.73 Å². The van der Waals surface area contributed by atoms with Crippen LogP contribution in [-0.4, -0.2) is 52.9 Å². The van der Waals surface area contributed by atoms with Gasteiger partial charge in [0.25, 0.3) is 0 Å². The van der Waals surface area contributed by atoms with E-state index >= 15 is 0 Å². The number of benzene rings is 1. The maximum atomic E-state index is 12.7. The third-order valence-electron chi connectivity index (χ3n) is 5.26. The summed E-state index contributed by atoms with van der Waals surface area (Å²) in [5, 5.41) is 14.0. The van der Waals surface area contributed by atoms with Crippen molar-refractivity contribution in [2.45, 2.75) is 65.1 Å². The molecular formula is C22H39N3O2S. The van der Waals surface area contributed by atoms with Gasteiger partial charge in [0.2, 0.25) is 5.91 Å². The second-order valence-electron chi connectivity index (χ2n) is 8.04. The van der Waals surface area contributed by atoms with E-state index in [-0.39, 0.29) is 17.9 Å². The average Bonchev–Trinajstić information content (AvgIpc) is 2.69. The molecule has 4 N–H and O–H groups in total. The van der Waals surface area contributed by atoms with E-state index in [9.17, 15) is 9.90 Å². The molecule has 0 aliphatic rings. The molecule has 0 aliphatic heterocycles. The van der Waals surface area contributed by atoms with E-state index in [1.807, 2.05) is 50.4 Å². The van der Waals surface area contributed by atoms with E-state index in [0.717, 1.165) is 24.9 Å². The number of aliphatic hydroxyl groups is 1. The Bertz CT molecular complexity index is 556. The maximum absolute atomic E-state index is 12.7. The summed E-state index contributed by atoms with van der Waals surface area (Å²) in [6, 6.07) is 9.02. The Labute approximate surface area is 175 Å². The fraction of sp³-hybridized carbons (Fsp3) is 0.682. The molecule has 0 saturated carbocycles. The van der Waals surface area contributed by atoms with Crippen LogP contribution in [0.25, 0.3) is 0 Å². The first-order chi connectivity index (χ1) is 13.3. The molecule has 1 aromatic rings. The lowest BCUT2D eigenvalue weighted by molar-refractivity contribution is -0.125. The van der Waals surface area contributed by atoms with Crippen molar-refractivity contribution in [1.29, 1.82) is 0 Å². The Balaban J connectivity index is 2.84. The van der Waals surface area contributed by atoms with Crippen molar-refractivity contribution in [1.82, 2.24) is 9.62 Å². The van der Waals surface area contributed by atoms with Gasteiger partial charge in [0.15, 0.2) is 0 Å². The molecule has 5 nitrogen and oxygen atoms in total. The number of aliphatic hydroxyl groups excluding tert-OH is 1. The zero-order valence-corrected chi connectivity index (χ0v) is 18.9. The van der Waals surface area contributed by atoms with Crippen LogP contribution in [0.4, 0.5) is 0 Å². The summed E-state index contributed by atoms with van der Waals surface area (Å²) in [5.74, 6) is 0.524. The Hall–Kier alpha value is -1.08. The van der Waals surface area contributed by atoms with Gasteiger partial charge in [-0.2, -0.15) is 0 Å². The van der Waals surface area contributed by atoms with Crippen molar-refractivity contribution < 1.29 is 9.90 Å². The summed E-state index contributed by atoms with van der Waals surface area (Å²) >= 11 is 1.63. The maximum Gasteiger partial charge on any atom is 0.237 e. The molecule has 28 heavy (non-hydrogen) atoms. The molecule has 0 radical (unpaired) electrons. The SMILES string of the molecule is CCC(C)[C@H](N)C(=O)N[C@@H](Cc1ccccc1)[C@H](O)CN(CCC(C)C)SC. The third-order valence-corrected chi connectivity index (χ3v) is 6.10. The van der Waals surface area contributed by atoms with E-state index in [2.05, 4.69) is 23.5 Å². The quantitative estimate of drug-likeness (QED) is 0.436. The highest BCUT2D eigenvalue weighted by Gasteiger charge is 2.27. The number of hydrogen-bond acceptors (Lipinski definition) is 5. The molecule has 1 aromatic carbocycles. The number of rotatable bonds is 13. The van der Waals surface area contributed by atoms with Gasteiger partial charge >= 0.3 is 0 Å². The lowest BCUT2D eigenvalue weighted by Crippen LogP contribution is -2.54. The van der Waals surface area contributed by atoms with Gasteiger partial charge in [-0.25, -0.2) is 4.31 Å². The fourth-order valence-corrected chi connectivity index (χ4v) is 3.53. The molecule has 0 spiro atoms. The van der Waals surface area contributed by atoms with Crippen molar-refractivity contribution in [3.63, 3.8) is 0 Å². The van der Waals surface area contributed by atoms with Crippen LogP contribution in [0.15, 0.2) is 30.3 Å². The average molecular weight is 410 g/mol. The van der Waals surface area contributed by atoms with Crippen LogP contribution >= 0.6 is 11.9 Å². The molecule has 0 saturated heterocycles. The van der Waals surface area contributed by atoms with E-state index in [1.165, 1.54) is 0 Å². The minimum atomic E-state index is -0.673. The van der Waals surface area contributed by atoms with Gasteiger partial charge in [0, 0.05) is 13.1 Å². The van der Waals surface area contributed by atoms with Gasteiger partial charge in [-0.1, -0.05) is 76.4 Å². The molecule has 1 unspecified atom stereocenters. The number of hydrogen-bond donors (Lipinski definition) is 3. The lowest BCUT2D eigenvalue weighted by atomic mass is 9.97. The molecule has 0 bridgehead atoms. The van der Waals surface area contributed by atoms with Crippen molar-refractivity contribution >= 4 is 17.9 Å². The molecule has 4 atom stereocenters. The van der Waals surface area contributed by atoms with E-state index < -0.39 is 12.1 Å². The third kappa shape index (κ3) is 8.95. The number of nitrogens with one attached hydrogen (secondary N) is 1. The van der Waals surface area contributed by atoms with Crippen LogP contribution in [0.1, 0.15) is 46.1 Å². The van der Waals surface area contributed by atoms with Gasteiger partial charge in [0.1, 0.15) is 0 Å². The molecule has 1 rings (SSSR count). The van der Waals surface area contributed by atoms with Crippen LogP contribution in [0.2, 0.25) is 0 Å². The summed E-state index contributed by atoms with van der Waals surface area (Å²) < 4.78 is 2.17.